The Morgan fingerprint density at radius 1 is 1.11 bits per heavy atom. The molecular formula is C16H25N3. The van der Waals surface area contributed by atoms with E-state index in [0.717, 1.165) is 13.1 Å². The number of rotatable bonds is 2. The fourth-order valence-electron chi connectivity index (χ4n) is 3.32. The minimum atomic E-state index is 0.674. The van der Waals surface area contributed by atoms with Crippen molar-refractivity contribution < 1.29 is 0 Å². The molecule has 1 aromatic carbocycles. The Morgan fingerprint density at radius 3 is 2.58 bits per heavy atom. The summed E-state index contributed by atoms with van der Waals surface area (Å²) in [6, 6.07) is 7.05. The van der Waals surface area contributed by atoms with Crippen molar-refractivity contribution in [2.75, 3.05) is 51.7 Å². The minimum Gasteiger partial charge on any atom is -0.374 e. The van der Waals surface area contributed by atoms with Crippen LogP contribution in [0.5, 0.6) is 0 Å². The van der Waals surface area contributed by atoms with Crippen LogP contribution in [0.25, 0.3) is 0 Å². The largest absolute Gasteiger partial charge is 0.374 e. The maximum Gasteiger partial charge on any atom is 0.0399 e. The molecule has 1 atom stereocenters. The lowest BCUT2D eigenvalue weighted by Crippen LogP contribution is -2.43. The third-order valence-electron chi connectivity index (χ3n) is 4.58. The van der Waals surface area contributed by atoms with Crippen LogP contribution in [0.1, 0.15) is 24.0 Å². The summed E-state index contributed by atoms with van der Waals surface area (Å²) in [7, 11) is 4.41. The van der Waals surface area contributed by atoms with Crippen molar-refractivity contribution >= 4 is 5.69 Å². The van der Waals surface area contributed by atoms with E-state index >= 15 is 0 Å². The first-order valence-electron chi connectivity index (χ1n) is 7.38. The predicted molar refractivity (Wildman–Crippen MR) is 80.9 cm³/mol. The maximum absolute atomic E-state index is 2.57. The highest BCUT2D eigenvalue weighted by atomic mass is 15.2. The lowest BCUT2D eigenvalue weighted by molar-refractivity contribution is 0.148. The van der Waals surface area contributed by atoms with Gasteiger partial charge in [0.2, 0.25) is 0 Å². The molecule has 104 valence electrons. The Labute approximate surface area is 116 Å². The van der Waals surface area contributed by atoms with Crippen molar-refractivity contribution in [3.8, 4) is 0 Å². The molecule has 0 saturated carbocycles. The Morgan fingerprint density at radius 2 is 1.84 bits per heavy atom. The van der Waals surface area contributed by atoms with Gasteiger partial charge >= 0.3 is 0 Å². The molecule has 0 radical (unpaired) electrons. The second kappa shape index (κ2) is 5.14. The molecule has 0 spiro atoms. The summed E-state index contributed by atoms with van der Waals surface area (Å²) < 4.78 is 0. The molecule has 2 aliphatic heterocycles. The van der Waals surface area contributed by atoms with Gasteiger partial charge in [-0.2, -0.15) is 0 Å². The maximum atomic E-state index is 2.57. The average molecular weight is 259 g/mol. The van der Waals surface area contributed by atoms with Gasteiger partial charge in [-0.25, -0.2) is 0 Å². The van der Waals surface area contributed by atoms with Gasteiger partial charge < -0.3 is 9.80 Å². The zero-order chi connectivity index (χ0) is 13.4. The van der Waals surface area contributed by atoms with Gasteiger partial charge in [-0.3, -0.25) is 4.90 Å². The van der Waals surface area contributed by atoms with Gasteiger partial charge in [-0.05, 0) is 24.2 Å². The summed E-state index contributed by atoms with van der Waals surface area (Å²) in [6.07, 6.45) is 0. The van der Waals surface area contributed by atoms with Crippen LogP contribution in [0.3, 0.4) is 0 Å². The lowest BCUT2D eigenvalue weighted by atomic mass is 10.0. The molecule has 3 nitrogen and oxygen atoms in total. The SMILES string of the molecule is CC1CN(C)c2ccc(CN3CCN(C)CC3)cc21. The van der Waals surface area contributed by atoms with Gasteiger partial charge in [-0.15, -0.1) is 0 Å². The van der Waals surface area contributed by atoms with Crippen LogP contribution in [0.2, 0.25) is 0 Å². The second-order valence-corrected chi connectivity index (χ2v) is 6.25. The van der Waals surface area contributed by atoms with Crippen LogP contribution < -0.4 is 4.90 Å². The summed E-state index contributed by atoms with van der Waals surface area (Å²) in [4.78, 5) is 7.36. The predicted octanol–water partition coefficient (Wildman–Crippen LogP) is 1.99. The summed E-state index contributed by atoms with van der Waals surface area (Å²) in [5.74, 6) is 0.674. The molecule has 1 unspecified atom stereocenters. The van der Waals surface area contributed by atoms with Crippen LogP contribution in [0, 0.1) is 0 Å². The minimum absolute atomic E-state index is 0.674. The standard InChI is InChI=1S/C16H25N3/c1-13-11-18(3)16-5-4-14(10-15(13)16)12-19-8-6-17(2)7-9-19/h4-5,10,13H,6-9,11-12H2,1-3H3. The quantitative estimate of drug-likeness (QED) is 0.804. The molecule has 0 aliphatic carbocycles. The van der Waals surface area contributed by atoms with Gasteiger partial charge in [0.1, 0.15) is 0 Å². The molecule has 0 amide bonds. The van der Waals surface area contributed by atoms with Crippen molar-refractivity contribution in [3.63, 3.8) is 0 Å². The van der Waals surface area contributed by atoms with Gasteiger partial charge in [0.05, 0.1) is 0 Å². The Balaban J connectivity index is 1.71. The fourth-order valence-corrected chi connectivity index (χ4v) is 3.32. The Hall–Kier alpha value is -1.06. The average Bonchev–Trinajstić information content (AvgIpc) is 2.68. The third-order valence-corrected chi connectivity index (χ3v) is 4.58. The van der Waals surface area contributed by atoms with Gasteiger partial charge in [0, 0.05) is 57.9 Å². The number of fused-ring (bicyclic) bond motifs is 1. The second-order valence-electron chi connectivity index (χ2n) is 6.25. The molecule has 2 heterocycles. The van der Waals surface area contributed by atoms with E-state index in [0.29, 0.717) is 5.92 Å². The van der Waals surface area contributed by atoms with Crippen molar-refractivity contribution in [2.24, 2.45) is 0 Å². The van der Waals surface area contributed by atoms with Crippen LogP contribution in [-0.2, 0) is 6.54 Å². The van der Waals surface area contributed by atoms with Crippen LogP contribution in [0.15, 0.2) is 18.2 Å². The first-order valence-corrected chi connectivity index (χ1v) is 7.38. The number of anilines is 1. The van der Waals surface area contributed by atoms with E-state index in [4.69, 9.17) is 0 Å². The number of benzene rings is 1. The van der Waals surface area contributed by atoms with Crippen LogP contribution in [-0.4, -0.2) is 56.6 Å². The summed E-state index contributed by atoms with van der Waals surface area (Å²) in [5, 5.41) is 0. The highest BCUT2D eigenvalue weighted by Gasteiger charge is 2.23. The number of hydrogen-bond donors (Lipinski definition) is 0. The Kier molecular flexibility index (Phi) is 3.50. The molecule has 3 rings (SSSR count). The van der Waals surface area contributed by atoms with Crippen molar-refractivity contribution in [1.82, 2.24) is 9.80 Å². The topological polar surface area (TPSA) is 9.72 Å². The van der Waals surface area contributed by atoms with Gasteiger partial charge in [0.25, 0.3) is 0 Å². The molecule has 3 heteroatoms. The number of likely N-dealkylation sites (N-methyl/N-ethyl adjacent to an activating group) is 2. The molecule has 1 aromatic rings. The molecule has 0 N–H and O–H groups in total. The molecule has 1 fully saturated rings. The van der Waals surface area contributed by atoms with E-state index in [1.165, 1.54) is 43.0 Å². The summed E-state index contributed by atoms with van der Waals surface area (Å²) in [6.45, 7) is 9.40. The summed E-state index contributed by atoms with van der Waals surface area (Å²) >= 11 is 0. The van der Waals surface area contributed by atoms with E-state index in [1.54, 1.807) is 0 Å². The van der Waals surface area contributed by atoms with Gasteiger partial charge in [-0.1, -0.05) is 19.1 Å². The smallest absolute Gasteiger partial charge is 0.0399 e. The monoisotopic (exact) mass is 259 g/mol. The zero-order valence-electron chi connectivity index (χ0n) is 12.4. The molecule has 0 bridgehead atoms. The van der Waals surface area contributed by atoms with Crippen LogP contribution >= 0.6 is 0 Å². The highest BCUT2D eigenvalue weighted by molar-refractivity contribution is 5.60. The number of nitrogens with zero attached hydrogens (tertiary/aromatic N) is 3. The van der Waals surface area contributed by atoms with Crippen molar-refractivity contribution in [3.05, 3.63) is 29.3 Å². The van der Waals surface area contributed by atoms with E-state index in [-0.39, 0.29) is 0 Å². The zero-order valence-corrected chi connectivity index (χ0v) is 12.4. The van der Waals surface area contributed by atoms with E-state index in [2.05, 4.69) is 53.9 Å². The molecule has 0 aromatic heterocycles. The highest BCUT2D eigenvalue weighted by Crippen LogP contribution is 2.35. The number of hydrogen-bond acceptors (Lipinski definition) is 3. The normalized spacial score (nSPS) is 24.8. The molecule has 2 aliphatic rings. The Bertz CT molecular complexity index is 449. The summed E-state index contributed by atoms with van der Waals surface area (Å²) in [5.41, 5.74) is 4.44. The van der Waals surface area contributed by atoms with E-state index < -0.39 is 0 Å². The molecule has 19 heavy (non-hydrogen) atoms. The third kappa shape index (κ3) is 2.63. The van der Waals surface area contributed by atoms with Gasteiger partial charge in [0.15, 0.2) is 0 Å². The molecule has 1 saturated heterocycles. The fraction of sp³-hybridized carbons (Fsp3) is 0.625. The first kappa shape index (κ1) is 12.9. The van der Waals surface area contributed by atoms with Crippen LogP contribution in [0.4, 0.5) is 5.69 Å². The number of piperazine rings is 1. The molecular weight excluding hydrogens is 234 g/mol. The lowest BCUT2D eigenvalue weighted by Gasteiger charge is -2.32. The van der Waals surface area contributed by atoms with E-state index in [1.807, 2.05) is 0 Å². The first-order chi connectivity index (χ1) is 9.13. The van der Waals surface area contributed by atoms with Crippen molar-refractivity contribution in [1.29, 1.82) is 0 Å². The van der Waals surface area contributed by atoms with Crippen molar-refractivity contribution in [2.45, 2.75) is 19.4 Å². The van der Waals surface area contributed by atoms with E-state index in [9.17, 15) is 0 Å².